The predicted octanol–water partition coefficient (Wildman–Crippen LogP) is 6.08. The molecule has 0 saturated heterocycles. The van der Waals surface area contributed by atoms with Gasteiger partial charge in [0.05, 0.1) is 11.1 Å². The van der Waals surface area contributed by atoms with Crippen LogP contribution in [0.1, 0.15) is 17.2 Å². The van der Waals surface area contributed by atoms with Gasteiger partial charge in [0.1, 0.15) is 5.82 Å². The minimum absolute atomic E-state index is 0.0943. The van der Waals surface area contributed by atoms with Crippen LogP contribution in [0.2, 0.25) is 5.02 Å². The van der Waals surface area contributed by atoms with Crippen LogP contribution in [0.4, 0.5) is 4.39 Å². The minimum atomic E-state index is -0.420. The van der Waals surface area contributed by atoms with E-state index in [-0.39, 0.29) is 11.1 Å². The Morgan fingerprint density at radius 2 is 1.70 bits per heavy atom. The summed E-state index contributed by atoms with van der Waals surface area (Å²) in [6.07, 6.45) is 0. The summed E-state index contributed by atoms with van der Waals surface area (Å²) >= 11 is 16.1. The van der Waals surface area contributed by atoms with Crippen LogP contribution < -0.4 is 5.32 Å². The van der Waals surface area contributed by atoms with Crippen molar-refractivity contribution in [2.75, 3.05) is 7.05 Å². The molecule has 0 amide bonds. The van der Waals surface area contributed by atoms with Gasteiger partial charge in [0.25, 0.3) is 0 Å². The molecule has 0 bridgehead atoms. The van der Waals surface area contributed by atoms with Crippen LogP contribution in [-0.4, -0.2) is 7.05 Å². The van der Waals surface area contributed by atoms with E-state index in [1.807, 2.05) is 18.2 Å². The minimum Gasteiger partial charge on any atom is -0.309 e. The standard InChI is InChI=1S/C14H10Br3ClFN/c1-20-14(7-4-8(15)6-9(16)5-7)10-2-3-11(17)12(18)13(10)19/h2-6,14,20H,1H3. The van der Waals surface area contributed by atoms with Crippen molar-refractivity contribution in [1.29, 1.82) is 0 Å². The molecular formula is C14H10Br3ClFN. The normalized spacial score (nSPS) is 12.5. The van der Waals surface area contributed by atoms with Gasteiger partial charge in [-0.25, -0.2) is 4.39 Å². The Hall–Kier alpha value is 0.0600. The van der Waals surface area contributed by atoms with Gasteiger partial charge < -0.3 is 5.32 Å². The molecule has 1 nitrogen and oxygen atoms in total. The molecule has 106 valence electrons. The summed E-state index contributed by atoms with van der Waals surface area (Å²) in [7, 11) is 1.79. The molecule has 0 aliphatic heterocycles. The van der Waals surface area contributed by atoms with E-state index < -0.39 is 5.82 Å². The summed E-state index contributed by atoms with van der Waals surface area (Å²) in [6.45, 7) is 0. The number of rotatable bonds is 3. The Bertz CT molecular complexity index is 628. The van der Waals surface area contributed by atoms with Crippen molar-refractivity contribution >= 4 is 59.4 Å². The molecule has 0 saturated carbocycles. The highest BCUT2D eigenvalue weighted by Crippen LogP contribution is 2.34. The maximum Gasteiger partial charge on any atom is 0.148 e. The van der Waals surface area contributed by atoms with Crippen LogP contribution in [-0.2, 0) is 0 Å². The first kappa shape index (κ1) is 16.4. The summed E-state index contributed by atoms with van der Waals surface area (Å²) in [5.74, 6) is -0.420. The zero-order valence-corrected chi connectivity index (χ0v) is 15.9. The van der Waals surface area contributed by atoms with Gasteiger partial charge in [0.2, 0.25) is 0 Å². The average Bonchev–Trinajstić information content (AvgIpc) is 2.38. The van der Waals surface area contributed by atoms with Crippen molar-refractivity contribution in [2.45, 2.75) is 6.04 Å². The molecule has 1 N–H and O–H groups in total. The van der Waals surface area contributed by atoms with Crippen molar-refractivity contribution < 1.29 is 4.39 Å². The van der Waals surface area contributed by atoms with E-state index in [9.17, 15) is 4.39 Å². The highest BCUT2D eigenvalue weighted by molar-refractivity contribution is 9.11. The molecule has 20 heavy (non-hydrogen) atoms. The third kappa shape index (κ3) is 3.45. The molecule has 0 fully saturated rings. The first-order valence-corrected chi connectivity index (χ1v) is 8.46. The second-order valence-electron chi connectivity index (χ2n) is 4.19. The molecule has 0 aromatic heterocycles. The zero-order valence-electron chi connectivity index (χ0n) is 10.4. The molecule has 2 aromatic rings. The second-order valence-corrected chi connectivity index (χ2v) is 7.25. The van der Waals surface area contributed by atoms with E-state index >= 15 is 0 Å². The number of halogens is 5. The fourth-order valence-corrected chi connectivity index (χ4v) is 3.81. The summed E-state index contributed by atoms with van der Waals surface area (Å²) in [6, 6.07) is 9.01. The Morgan fingerprint density at radius 1 is 1.10 bits per heavy atom. The summed E-state index contributed by atoms with van der Waals surface area (Å²) in [5.41, 5.74) is 1.44. The summed E-state index contributed by atoms with van der Waals surface area (Å²) < 4.78 is 16.8. The quantitative estimate of drug-likeness (QED) is 0.519. The third-order valence-corrected chi connectivity index (χ3v) is 5.06. The van der Waals surface area contributed by atoms with Crippen LogP contribution in [0.15, 0.2) is 43.7 Å². The maximum atomic E-state index is 14.4. The fourth-order valence-electron chi connectivity index (χ4n) is 2.01. The number of hydrogen-bond acceptors (Lipinski definition) is 1. The van der Waals surface area contributed by atoms with Gasteiger partial charge in [0.15, 0.2) is 0 Å². The molecule has 0 aliphatic rings. The molecule has 1 unspecified atom stereocenters. The Balaban J connectivity index is 2.55. The number of nitrogens with one attached hydrogen (secondary N) is 1. The topological polar surface area (TPSA) is 12.0 Å². The molecule has 0 aliphatic carbocycles. The summed E-state index contributed by atoms with van der Waals surface area (Å²) in [4.78, 5) is 0. The lowest BCUT2D eigenvalue weighted by molar-refractivity contribution is 0.575. The monoisotopic (exact) mass is 483 g/mol. The maximum absolute atomic E-state index is 14.4. The predicted molar refractivity (Wildman–Crippen MR) is 91.9 cm³/mol. The van der Waals surface area contributed by atoms with E-state index in [0.717, 1.165) is 14.5 Å². The first-order valence-electron chi connectivity index (χ1n) is 5.70. The van der Waals surface area contributed by atoms with Gasteiger partial charge in [0, 0.05) is 19.0 Å². The van der Waals surface area contributed by atoms with Gasteiger partial charge in [-0.15, -0.1) is 0 Å². The lowest BCUT2D eigenvalue weighted by atomic mass is 9.98. The van der Waals surface area contributed by atoms with Crippen molar-refractivity contribution in [1.82, 2.24) is 5.32 Å². The number of benzene rings is 2. The average molecular weight is 486 g/mol. The van der Waals surface area contributed by atoms with E-state index in [2.05, 4.69) is 53.1 Å². The SMILES string of the molecule is CNC(c1cc(Br)cc(Br)c1)c1ccc(Br)c(Cl)c1F. The van der Waals surface area contributed by atoms with Crippen molar-refractivity contribution in [3.63, 3.8) is 0 Å². The van der Waals surface area contributed by atoms with Crippen LogP contribution in [0.25, 0.3) is 0 Å². The Morgan fingerprint density at radius 3 is 2.25 bits per heavy atom. The third-order valence-electron chi connectivity index (χ3n) is 2.88. The molecule has 0 radical (unpaired) electrons. The van der Waals surface area contributed by atoms with E-state index in [4.69, 9.17) is 11.6 Å². The van der Waals surface area contributed by atoms with Crippen molar-refractivity contribution in [3.8, 4) is 0 Å². The van der Waals surface area contributed by atoms with Crippen molar-refractivity contribution in [2.24, 2.45) is 0 Å². The summed E-state index contributed by atoms with van der Waals surface area (Å²) in [5, 5.41) is 3.22. The lowest BCUT2D eigenvalue weighted by Crippen LogP contribution is -2.19. The molecule has 2 rings (SSSR count). The van der Waals surface area contributed by atoms with Crippen LogP contribution >= 0.6 is 59.4 Å². The Kier molecular flexibility index (Phi) is 5.65. The van der Waals surface area contributed by atoms with E-state index in [1.54, 1.807) is 19.2 Å². The molecule has 1 atom stereocenters. The van der Waals surface area contributed by atoms with Gasteiger partial charge in [-0.05, 0) is 52.8 Å². The molecule has 0 spiro atoms. The van der Waals surface area contributed by atoms with Gasteiger partial charge in [-0.2, -0.15) is 0 Å². The van der Waals surface area contributed by atoms with E-state index in [1.165, 1.54) is 0 Å². The van der Waals surface area contributed by atoms with Gasteiger partial charge in [-0.3, -0.25) is 0 Å². The zero-order chi connectivity index (χ0) is 14.9. The van der Waals surface area contributed by atoms with Crippen LogP contribution in [0.5, 0.6) is 0 Å². The molecule has 6 heteroatoms. The second kappa shape index (κ2) is 6.88. The highest BCUT2D eigenvalue weighted by atomic mass is 79.9. The van der Waals surface area contributed by atoms with Crippen LogP contribution in [0.3, 0.4) is 0 Å². The van der Waals surface area contributed by atoms with Crippen LogP contribution in [0, 0.1) is 5.82 Å². The first-order chi connectivity index (χ1) is 9.43. The van der Waals surface area contributed by atoms with Crippen molar-refractivity contribution in [3.05, 3.63) is 65.7 Å². The number of hydrogen-bond donors (Lipinski definition) is 1. The smallest absolute Gasteiger partial charge is 0.148 e. The van der Waals surface area contributed by atoms with Gasteiger partial charge >= 0.3 is 0 Å². The lowest BCUT2D eigenvalue weighted by Gasteiger charge is -2.19. The van der Waals surface area contributed by atoms with E-state index in [0.29, 0.717) is 10.0 Å². The molecular weight excluding hydrogens is 476 g/mol. The molecule has 2 aromatic carbocycles. The fraction of sp³-hybridized carbons (Fsp3) is 0.143. The van der Waals surface area contributed by atoms with Gasteiger partial charge in [-0.1, -0.05) is 49.5 Å². The largest absolute Gasteiger partial charge is 0.309 e. The molecule has 0 heterocycles. The highest BCUT2D eigenvalue weighted by Gasteiger charge is 2.20. The Labute approximate surface area is 147 Å².